The minimum Gasteiger partial charge on any atom is -0.480 e. The summed E-state index contributed by atoms with van der Waals surface area (Å²) in [6.07, 6.45) is 1.59. The molecule has 1 aliphatic rings. The minimum absolute atomic E-state index is 0.301. The van der Waals surface area contributed by atoms with Crippen LogP contribution in [0, 0.1) is 0 Å². The van der Waals surface area contributed by atoms with E-state index in [1.807, 2.05) is 0 Å². The fourth-order valence-electron chi connectivity index (χ4n) is 1.80. The van der Waals surface area contributed by atoms with Gasteiger partial charge < -0.3 is 19.3 Å². The van der Waals surface area contributed by atoms with Gasteiger partial charge in [0.05, 0.1) is 18.9 Å². The molecule has 1 aliphatic heterocycles. The lowest BCUT2D eigenvalue weighted by Gasteiger charge is -2.29. The second kappa shape index (κ2) is 5.01. The monoisotopic (exact) mass is 238 g/mol. The van der Waals surface area contributed by atoms with Crippen molar-refractivity contribution < 1.29 is 14.6 Å². The molecule has 0 unspecified atom stereocenters. The minimum atomic E-state index is -1.02. The predicted octanol–water partition coefficient (Wildman–Crippen LogP) is -0.231. The van der Waals surface area contributed by atoms with Gasteiger partial charge in [0.2, 0.25) is 0 Å². The Morgan fingerprint density at radius 3 is 2.71 bits per heavy atom. The van der Waals surface area contributed by atoms with E-state index < -0.39 is 5.97 Å². The van der Waals surface area contributed by atoms with Gasteiger partial charge in [-0.25, -0.2) is 0 Å². The molecule has 1 saturated heterocycles. The van der Waals surface area contributed by atoms with Gasteiger partial charge in [-0.2, -0.15) is 0 Å². The Balaban J connectivity index is 2.23. The summed E-state index contributed by atoms with van der Waals surface area (Å²) in [5.41, 5.74) is 0.554. The molecule has 17 heavy (non-hydrogen) atoms. The highest BCUT2D eigenvalue weighted by Gasteiger charge is 2.12. The van der Waals surface area contributed by atoms with E-state index in [4.69, 9.17) is 9.84 Å². The summed E-state index contributed by atoms with van der Waals surface area (Å²) in [5, 5.41) is 8.70. The molecule has 0 radical (unpaired) electrons. The maximum atomic E-state index is 11.4. The van der Waals surface area contributed by atoms with Crippen molar-refractivity contribution >= 4 is 11.7 Å². The van der Waals surface area contributed by atoms with E-state index in [1.54, 1.807) is 12.3 Å². The molecule has 2 rings (SSSR count). The molecule has 0 aliphatic carbocycles. The third kappa shape index (κ3) is 2.85. The number of carbonyl (C=O) groups is 1. The van der Waals surface area contributed by atoms with Crippen molar-refractivity contribution in [3.8, 4) is 0 Å². The van der Waals surface area contributed by atoms with Crippen molar-refractivity contribution in [2.75, 3.05) is 31.2 Å². The molecule has 0 amide bonds. The smallest absolute Gasteiger partial charge is 0.323 e. The van der Waals surface area contributed by atoms with E-state index in [2.05, 4.69) is 4.90 Å². The fourth-order valence-corrected chi connectivity index (χ4v) is 1.80. The average molecular weight is 238 g/mol. The summed E-state index contributed by atoms with van der Waals surface area (Å²) in [7, 11) is 0. The average Bonchev–Trinajstić information content (AvgIpc) is 2.32. The van der Waals surface area contributed by atoms with Crippen LogP contribution in [0.15, 0.2) is 23.1 Å². The van der Waals surface area contributed by atoms with Crippen LogP contribution in [0.25, 0.3) is 0 Å². The molecule has 6 nitrogen and oxygen atoms in total. The van der Waals surface area contributed by atoms with Gasteiger partial charge in [0, 0.05) is 25.4 Å². The molecule has 0 atom stereocenters. The normalized spacial score (nSPS) is 15.9. The van der Waals surface area contributed by atoms with Crippen molar-refractivity contribution in [2.24, 2.45) is 0 Å². The summed E-state index contributed by atoms with van der Waals surface area (Å²) in [6, 6.07) is 3.11. The molecule has 0 bridgehead atoms. The highest BCUT2D eigenvalue weighted by molar-refractivity contribution is 5.66. The fraction of sp³-hybridized carbons (Fsp3) is 0.455. The van der Waals surface area contributed by atoms with Crippen LogP contribution >= 0.6 is 0 Å². The first-order valence-electron chi connectivity index (χ1n) is 5.42. The topological polar surface area (TPSA) is 71.8 Å². The third-order valence-corrected chi connectivity index (χ3v) is 2.65. The van der Waals surface area contributed by atoms with Crippen LogP contribution in [0.2, 0.25) is 0 Å². The Bertz CT molecular complexity index is 463. The highest BCUT2D eigenvalue weighted by atomic mass is 16.5. The molecule has 1 aromatic rings. The number of rotatable bonds is 3. The Hall–Kier alpha value is -1.82. The van der Waals surface area contributed by atoms with Gasteiger partial charge in [-0.15, -0.1) is 0 Å². The number of pyridine rings is 1. The lowest BCUT2D eigenvalue weighted by molar-refractivity contribution is -0.137. The van der Waals surface area contributed by atoms with Crippen molar-refractivity contribution in [3.05, 3.63) is 28.7 Å². The molecular formula is C11H14N2O4. The number of aliphatic carboxylic acids is 1. The zero-order valence-electron chi connectivity index (χ0n) is 9.33. The number of morpholine rings is 1. The first-order chi connectivity index (χ1) is 8.16. The first-order valence-corrected chi connectivity index (χ1v) is 5.42. The lowest BCUT2D eigenvalue weighted by atomic mass is 10.3. The van der Waals surface area contributed by atoms with E-state index in [-0.39, 0.29) is 12.1 Å². The Morgan fingerprint density at radius 1 is 1.35 bits per heavy atom. The van der Waals surface area contributed by atoms with Crippen LogP contribution < -0.4 is 10.5 Å². The molecular weight excluding hydrogens is 224 g/mol. The quantitative estimate of drug-likeness (QED) is 0.787. The van der Waals surface area contributed by atoms with E-state index in [9.17, 15) is 9.59 Å². The van der Waals surface area contributed by atoms with Gasteiger partial charge >= 0.3 is 5.97 Å². The largest absolute Gasteiger partial charge is 0.480 e. The van der Waals surface area contributed by atoms with Crippen LogP contribution in [0.3, 0.4) is 0 Å². The third-order valence-electron chi connectivity index (χ3n) is 2.65. The van der Waals surface area contributed by atoms with Gasteiger partial charge in [0.1, 0.15) is 6.54 Å². The van der Waals surface area contributed by atoms with Gasteiger partial charge in [-0.05, 0) is 6.07 Å². The Kier molecular flexibility index (Phi) is 3.43. The molecule has 6 heteroatoms. The lowest BCUT2D eigenvalue weighted by Crippen LogP contribution is -2.37. The molecule has 1 fully saturated rings. The van der Waals surface area contributed by atoms with Crippen molar-refractivity contribution in [1.82, 2.24) is 4.57 Å². The molecule has 2 heterocycles. The van der Waals surface area contributed by atoms with Crippen LogP contribution in [0.1, 0.15) is 0 Å². The standard InChI is InChI=1S/C11H14N2O4/c14-10-2-1-9(7-13(10)8-11(15)16)12-3-5-17-6-4-12/h1-2,7H,3-6,8H2,(H,15,16). The SMILES string of the molecule is O=C(O)Cn1cc(N2CCOCC2)ccc1=O. The van der Waals surface area contributed by atoms with Gasteiger partial charge in [0.15, 0.2) is 0 Å². The summed E-state index contributed by atoms with van der Waals surface area (Å²) in [5.74, 6) is -1.02. The highest BCUT2D eigenvalue weighted by Crippen LogP contribution is 2.13. The zero-order chi connectivity index (χ0) is 12.3. The number of carboxylic acid groups (broad SMARTS) is 1. The van der Waals surface area contributed by atoms with E-state index in [0.717, 1.165) is 18.8 Å². The summed E-state index contributed by atoms with van der Waals surface area (Å²) in [4.78, 5) is 24.1. The molecule has 1 aromatic heterocycles. The molecule has 0 aromatic carbocycles. The second-order valence-corrected chi connectivity index (χ2v) is 3.85. The summed E-state index contributed by atoms with van der Waals surface area (Å²) in [6.45, 7) is 2.50. The summed E-state index contributed by atoms with van der Waals surface area (Å²) < 4.78 is 6.44. The van der Waals surface area contributed by atoms with Gasteiger partial charge in [-0.3, -0.25) is 9.59 Å². The van der Waals surface area contributed by atoms with Crippen molar-refractivity contribution in [3.63, 3.8) is 0 Å². The molecule has 1 N–H and O–H groups in total. The van der Waals surface area contributed by atoms with E-state index in [1.165, 1.54) is 10.6 Å². The van der Waals surface area contributed by atoms with Crippen LogP contribution in [-0.2, 0) is 16.1 Å². The van der Waals surface area contributed by atoms with E-state index in [0.29, 0.717) is 13.2 Å². The van der Waals surface area contributed by atoms with E-state index >= 15 is 0 Å². The molecule has 0 saturated carbocycles. The number of anilines is 1. The summed E-state index contributed by atoms with van der Waals surface area (Å²) >= 11 is 0. The van der Waals surface area contributed by atoms with Gasteiger partial charge in [-0.1, -0.05) is 0 Å². The van der Waals surface area contributed by atoms with Crippen molar-refractivity contribution in [1.29, 1.82) is 0 Å². The van der Waals surface area contributed by atoms with Crippen molar-refractivity contribution in [2.45, 2.75) is 6.54 Å². The second-order valence-electron chi connectivity index (χ2n) is 3.85. The maximum Gasteiger partial charge on any atom is 0.323 e. The molecule has 92 valence electrons. The Morgan fingerprint density at radius 2 is 2.06 bits per heavy atom. The number of ether oxygens (including phenoxy) is 1. The van der Waals surface area contributed by atoms with Gasteiger partial charge in [0.25, 0.3) is 5.56 Å². The number of hydrogen-bond acceptors (Lipinski definition) is 4. The predicted molar refractivity (Wildman–Crippen MR) is 61.4 cm³/mol. The van der Waals surface area contributed by atoms with Crippen LogP contribution in [0.5, 0.6) is 0 Å². The number of aromatic nitrogens is 1. The van der Waals surface area contributed by atoms with Crippen LogP contribution in [0.4, 0.5) is 5.69 Å². The zero-order valence-corrected chi connectivity index (χ0v) is 9.33. The first kappa shape index (κ1) is 11.7. The number of hydrogen-bond donors (Lipinski definition) is 1. The number of carboxylic acids is 1. The molecule has 0 spiro atoms. The van der Waals surface area contributed by atoms with Crippen LogP contribution in [-0.4, -0.2) is 41.9 Å². The maximum absolute atomic E-state index is 11.4. The Labute approximate surface area is 98.0 Å². The number of nitrogens with zero attached hydrogens (tertiary/aromatic N) is 2.